The van der Waals surface area contributed by atoms with Crippen molar-refractivity contribution in [1.29, 1.82) is 0 Å². The van der Waals surface area contributed by atoms with Crippen molar-refractivity contribution in [3.8, 4) is 11.3 Å². The fourth-order valence-electron chi connectivity index (χ4n) is 2.60. The third kappa shape index (κ3) is 4.49. The normalized spacial score (nSPS) is 11.5. The summed E-state index contributed by atoms with van der Waals surface area (Å²) in [6.45, 7) is 0.290. The molecule has 0 fully saturated rings. The van der Waals surface area contributed by atoms with Crippen LogP contribution in [-0.4, -0.2) is 14.7 Å². The molecule has 0 radical (unpaired) electrons. The zero-order valence-electron chi connectivity index (χ0n) is 14.0. The quantitative estimate of drug-likeness (QED) is 0.693. The molecule has 0 bridgehead atoms. The van der Waals surface area contributed by atoms with E-state index in [0.29, 0.717) is 17.9 Å². The first-order valence-corrected chi connectivity index (χ1v) is 9.91. The Morgan fingerprint density at radius 3 is 2.38 bits per heavy atom. The van der Waals surface area contributed by atoms with Gasteiger partial charge in [-0.05, 0) is 42.0 Å². The molecule has 2 aromatic carbocycles. The van der Waals surface area contributed by atoms with Gasteiger partial charge in [-0.15, -0.1) is 0 Å². The van der Waals surface area contributed by atoms with Crippen LogP contribution in [0, 0.1) is 11.6 Å². The molecule has 0 saturated heterocycles. The first-order valence-electron chi connectivity index (χ1n) is 7.85. The molecule has 1 heterocycles. The monoisotopic (exact) mass is 377 g/mol. The second kappa shape index (κ2) is 7.29. The summed E-state index contributed by atoms with van der Waals surface area (Å²) in [6.07, 6.45) is 1.18. The largest absolute Gasteiger partial charge is 0.459 e. The van der Waals surface area contributed by atoms with Crippen LogP contribution in [0.25, 0.3) is 11.3 Å². The van der Waals surface area contributed by atoms with Crippen LogP contribution in [0.15, 0.2) is 59.0 Å². The zero-order valence-corrected chi connectivity index (χ0v) is 14.8. The molecule has 1 N–H and O–H groups in total. The maximum Gasteiger partial charge on any atom is 0.151 e. The Labute approximate surface area is 150 Å². The van der Waals surface area contributed by atoms with Gasteiger partial charge in [0.1, 0.15) is 23.2 Å². The number of anilines is 1. The van der Waals surface area contributed by atoms with Gasteiger partial charge in [-0.25, -0.2) is 17.2 Å². The van der Waals surface area contributed by atoms with Crippen molar-refractivity contribution >= 4 is 15.5 Å². The minimum absolute atomic E-state index is 0.0417. The van der Waals surface area contributed by atoms with Crippen molar-refractivity contribution in [2.75, 3.05) is 11.6 Å². The van der Waals surface area contributed by atoms with Gasteiger partial charge in [0, 0.05) is 11.9 Å². The van der Waals surface area contributed by atoms with Crippen LogP contribution in [0.4, 0.5) is 14.5 Å². The summed E-state index contributed by atoms with van der Waals surface area (Å²) in [6, 6.07) is 13.8. The lowest BCUT2D eigenvalue weighted by Crippen LogP contribution is -2.02. The second-order valence-electron chi connectivity index (χ2n) is 5.99. The highest BCUT2D eigenvalue weighted by molar-refractivity contribution is 7.89. The summed E-state index contributed by atoms with van der Waals surface area (Å²) >= 11 is 0. The van der Waals surface area contributed by atoms with Crippen molar-refractivity contribution in [3.63, 3.8) is 0 Å². The first kappa shape index (κ1) is 18.1. The van der Waals surface area contributed by atoms with Gasteiger partial charge >= 0.3 is 0 Å². The molecule has 136 valence electrons. The topological polar surface area (TPSA) is 59.3 Å². The summed E-state index contributed by atoms with van der Waals surface area (Å²) in [7, 11) is -3.11. The molecule has 3 aromatic rings. The van der Waals surface area contributed by atoms with Crippen LogP contribution in [0.3, 0.4) is 0 Å². The number of hydrogen-bond acceptors (Lipinski definition) is 4. The van der Waals surface area contributed by atoms with Crippen molar-refractivity contribution in [2.45, 2.75) is 12.3 Å². The molecule has 0 aliphatic rings. The average molecular weight is 377 g/mol. The molecule has 0 unspecified atom stereocenters. The van der Waals surface area contributed by atoms with Crippen molar-refractivity contribution in [2.24, 2.45) is 0 Å². The van der Waals surface area contributed by atoms with Crippen LogP contribution in [0.5, 0.6) is 0 Å². The fraction of sp³-hybridized carbons (Fsp3) is 0.158. The van der Waals surface area contributed by atoms with Gasteiger partial charge in [-0.1, -0.05) is 18.2 Å². The van der Waals surface area contributed by atoms with E-state index in [1.165, 1.54) is 30.5 Å². The minimum Gasteiger partial charge on any atom is -0.459 e. The molecular weight excluding hydrogens is 360 g/mol. The van der Waals surface area contributed by atoms with E-state index < -0.39 is 21.5 Å². The SMILES string of the molecule is CS(=O)(=O)Cc1cccc(NCc2ccc(-c3c(F)cccc3F)o2)c1. The van der Waals surface area contributed by atoms with Crippen LogP contribution in [0.2, 0.25) is 0 Å². The Hall–Kier alpha value is -2.67. The lowest BCUT2D eigenvalue weighted by atomic mass is 10.1. The highest BCUT2D eigenvalue weighted by Crippen LogP contribution is 2.28. The number of hydrogen-bond donors (Lipinski definition) is 1. The average Bonchev–Trinajstić information content (AvgIpc) is 3.00. The maximum absolute atomic E-state index is 13.8. The highest BCUT2D eigenvalue weighted by Gasteiger charge is 2.14. The molecule has 3 rings (SSSR count). The summed E-state index contributed by atoms with van der Waals surface area (Å²) < 4.78 is 55.9. The third-order valence-electron chi connectivity index (χ3n) is 3.69. The summed E-state index contributed by atoms with van der Waals surface area (Å²) in [5.41, 5.74) is 1.20. The molecule has 1 aromatic heterocycles. The lowest BCUT2D eigenvalue weighted by Gasteiger charge is -2.07. The van der Waals surface area contributed by atoms with E-state index in [2.05, 4.69) is 5.32 Å². The summed E-state index contributed by atoms with van der Waals surface area (Å²) in [5.74, 6) is -0.806. The van der Waals surface area contributed by atoms with Gasteiger partial charge in [-0.3, -0.25) is 0 Å². The van der Waals surface area contributed by atoms with Gasteiger partial charge in [0.2, 0.25) is 0 Å². The van der Waals surface area contributed by atoms with Gasteiger partial charge in [0.05, 0.1) is 17.9 Å². The number of benzene rings is 2. The number of nitrogens with one attached hydrogen (secondary N) is 1. The van der Waals surface area contributed by atoms with Crippen LogP contribution in [0.1, 0.15) is 11.3 Å². The molecule has 26 heavy (non-hydrogen) atoms. The van der Waals surface area contributed by atoms with Crippen molar-refractivity contribution in [1.82, 2.24) is 0 Å². The molecule has 0 amide bonds. The standard InChI is InChI=1S/C19H17F2NO3S/c1-26(23,24)12-13-4-2-5-14(10-13)22-11-15-8-9-18(25-15)19-16(20)6-3-7-17(19)21/h2-10,22H,11-12H2,1H3. The van der Waals surface area contributed by atoms with E-state index in [4.69, 9.17) is 4.42 Å². The van der Waals surface area contributed by atoms with Crippen molar-refractivity contribution in [3.05, 3.63) is 77.6 Å². The van der Waals surface area contributed by atoms with E-state index in [-0.39, 0.29) is 17.1 Å². The predicted octanol–water partition coefficient (Wildman–Crippen LogP) is 4.38. The number of rotatable bonds is 6. The smallest absolute Gasteiger partial charge is 0.151 e. The Morgan fingerprint density at radius 2 is 1.69 bits per heavy atom. The molecule has 0 spiro atoms. The number of sulfone groups is 1. The lowest BCUT2D eigenvalue weighted by molar-refractivity contribution is 0.515. The van der Waals surface area contributed by atoms with E-state index in [9.17, 15) is 17.2 Å². The van der Waals surface area contributed by atoms with Crippen molar-refractivity contribution < 1.29 is 21.6 Å². The molecule has 7 heteroatoms. The zero-order chi connectivity index (χ0) is 18.7. The van der Waals surface area contributed by atoms with E-state index in [1.54, 1.807) is 30.3 Å². The molecule has 4 nitrogen and oxygen atoms in total. The van der Waals surface area contributed by atoms with E-state index >= 15 is 0 Å². The van der Waals surface area contributed by atoms with E-state index in [1.807, 2.05) is 0 Å². The van der Waals surface area contributed by atoms with E-state index in [0.717, 1.165) is 5.69 Å². The van der Waals surface area contributed by atoms with Crippen LogP contribution < -0.4 is 5.32 Å². The highest BCUT2D eigenvalue weighted by atomic mass is 32.2. The fourth-order valence-corrected chi connectivity index (χ4v) is 3.39. The second-order valence-corrected chi connectivity index (χ2v) is 8.13. The van der Waals surface area contributed by atoms with Gasteiger partial charge in [0.15, 0.2) is 9.84 Å². The molecule has 0 aliphatic heterocycles. The molecule has 0 aliphatic carbocycles. The molecule has 0 saturated carbocycles. The summed E-state index contributed by atoms with van der Waals surface area (Å²) in [5, 5.41) is 3.11. The number of halogens is 2. The maximum atomic E-state index is 13.8. The Balaban J connectivity index is 1.72. The molecule has 0 atom stereocenters. The van der Waals surface area contributed by atoms with Gasteiger partial charge < -0.3 is 9.73 Å². The van der Waals surface area contributed by atoms with Crippen LogP contribution in [-0.2, 0) is 22.1 Å². The molecular formula is C19H17F2NO3S. The Morgan fingerprint density at radius 1 is 1.00 bits per heavy atom. The van der Waals surface area contributed by atoms with Crippen LogP contribution >= 0.6 is 0 Å². The predicted molar refractivity (Wildman–Crippen MR) is 96.4 cm³/mol. The Bertz CT molecular complexity index is 1010. The minimum atomic E-state index is -3.11. The summed E-state index contributed by atoms with van der Waals surface area (Å²) in [4.78, 5) is 0. The third-order valence-corrected chi connectivity index (χ3v) is 4.55. The Kier molecular flexibility index (Phi) is 5.08. The van der Waals surface area contributed by atoms with Gasteiger partial charge in [-0.2, -0.15) is 0 Å². The first-order chi connectivity index (χ1) is 12.3. The number of furan rings is 1. The van der Waals surface area contributed by atoms with Gasteiger partial charge in [0.25, 0.3) is 0 Å².